The molecule has 41 heavy (non-hydrogen) atoms. The van der Waals surface area contributed by atoms with Crippen molar-refractivity contribution in [1.29, 1.82) is 0 Å². The number of carboxylic acids is 1. The quantitative estimate of drug-likeness (QED) is 0.266. The minimum Gasteiger partial charge on any atom is -0.489 e. The van der Waals surface area contributed by atoms with Gasteiger partial charge in [-0.25, -0.2) is 4.68 Å². The monoisotopic (exact) mass is 585 g/mol. The Kier molecular flexibility index (Phi) is 7.81. The zero-order valence-corrected chi connectivity index (χ0v) is 22.1. The van der Waals surface area contributed by atoms with Crippen LogP contribution in [0, 0.1) is 17.8 Å². The second kappa shape index (κ2) is 11.3. The number of carbonyl (C=O) groups excluding carboxylic acids is 1. The lowest BCUT2D eigenvalue weighted by atomic mass is 9.84. The zero-order valence-electron chi connectivity index (χ0n) is 21.3. The van der Waals surface area contributed by atoms with E-state index in [0.717, 1.165) is 22.4 Å². The van der Waals surface area contributed by atoms with Crippen molar-refractivity contribution in [1.82, 2.24) is 15.0 Å². The number of carboxylic acid groups (broad SMARTS) is 1. The number of rotatable bonds is 8. The van der Waals surface area contributed by atoms with Crippen LogP contribution in [0.5, 0.6) is 5.75 Å². The van der Waals surface area contributed by atoms with Gasteiger partial charge < -0.3 is 9.84 Å². The topological polar surface area (TPSA) is 111 Å². The molecule has 4 aromatic rings. The van der Waals surface area contributed by atoms with Crippen molar-refractivity contribution in [2.24, 2.45) is 17.8 Å². The fourth-order valence-corrected chi connectivity index (χ4v) is 5.48. The number of carbonyl (C=O) groups is 2. The highest BCUT2D eigenvalue weighted by Gasteiger charge is 2.45. The maximum absolute atomic E-state index is 13.3. The highest BCUT2D eigenvalue weighted by atomic mass is 35.5. The van der Waals surface area contributed by atoms with Gasteiger partial charge in [0, 0.05) is 16.5 Å². The predicted octanol–water partition coefficient (Wildman–Crippen LogP) is 5.65. The van der Waals surface area contributed by atoms with Crippen LogP contribution in [0.15, 0.2) is 71.5 Å². The molecule has 1 saturated carbocycles. The summed E-state index contributed by atoms with van der Waals surface area (Å²) in [6, 6.07) is 16.2. The third kappa shape index (κ3) is 6.09. The molecule has 5 rings (SSSR count). The van der Waals surface area contributed by atoms with Crippen molar-refractivity contribution in [2.75, 3.05) is 0 Å². The molecule has 0 saturated heterocycles. The number of Topliss-reactive ketones (excluding diaryl/α,β-unsaturated/α-hetero) is 1. The fourth-order valence-electron chi connectivity index (χ4n) is 5.27. The molecule has 12 heteroatoms. The summed E-state index contributed by atoms with van der Waals surface area (Å²) in [6.07, 6.45) is -4.08. The van der Waals surface area contributed by atoms with Crippen molar-refractivity contribution in [2.45, 2.75) is 32.2 Å². The maximum Gasteiger partial charge on any atom is 0.416 e. The van der Waals surface area contributed by atoms with Gasteiger partial charge in [-0.3, -0.25) is 14.4 Å². The third-order valence-electron chi connectivity index (χ3n) is 7.30. The van der Waals surface area contributed by atoms with Crippen LogP contribution >= 0.6 is 11.6 Å². The van der Waals surface area contributed by atoms with Crippen molar-refractivity contribution in [3.63, 3.8) is 0 Å². The number of hydrogen-bond acceptors (Lipinski definition) is 6. The number of hydrogen-bond donors (Lipinski definition) is 1. The van der Waals surface area contributed by atoms with Crippen molar-refractivity contribution in [3.05, 3.63) is 98.8 Å². The minimum atomic E-state index is -4.65. The summed E-state index contributed by atoms with van der Waals surface area (Å²) < 4.78 is 46.1. The molecule has 1 heterocycles. The van der Waals surface area contributed by atoms with Gasteiger partial charge >= 0.3 is 12.1 Å². The Morgan fingerprint density at radius 1 is 1.05 bits per heavy atom. The summed E-state index contributed by atoms with van der Waals surface area (Å²) >= 11 is 5.99. The average Bonchev–Trinajstić information content (AvgIpc) is 3.36. The molecule has 0 aliphatic heterocycles. The Hall–Kier alpha value is -4.25. The molecule has 0 spiro atoms. The Labute approximate surface area is 236 Å². The lowest BCUT2D eigenvalue weighted by Crippen LogP contribution is -2.34. The van der Waals surface area contributed by atoms with Gasteiger partial charge in [0.05, 0.1) is 23.4 Å². The summed E-state index contributed by atoms with van der Waals surface area (Å²) in [5, 5.41) is 18.0. The SMILES string of the molecule is O=C(c1ccc(OCc2cccc(Cl)c2)cc1)C1CCC(Cn2nnc3ccc(C(F)(F)F)cc3c2=O)C1C(=O)O. The van der Waals surface area contributed by atoms with Crippen LogP contribution in [0.3, 0.4) is 0 Å². The number of alkyl halides is 3. The first-order valence-electron chi connectivity index (χ1n) is 12.7. The van der Waals surface area contributed by atoms with Gasteiger partial charge in [0.25, 0.3) is 5.56 Å². The van der Waals surface area contributed by atoms with E-state index >= 15 is 0 Å². The summed E-state index contributed by atoms with van der Waals surface area (Å²) in [5.74, 6) is -3.66. The van der Waals surface area contributed by atoms with Gasteiger partial charge in [-0.2, -0.15) is 13.2 Å². The van der Waals surface area contributed by atoms with Gasteiger partial charge in [0.2, 0.25) is 0 Å². The van der Waals surface area contributed by atoms with E-state index in [2.05, 4.69) is 10.3 Å². The van der Waals surface area contributed by atoms with Gasteiger partial charge in [-0.05, 0) is 78.9 Å². The molecule has 3 unspecified atom stereocenters. The first-order valence-corrected chi connectivity index (χ1v) is 13.1. The maximum atomic E-state index is 13.3. The molecular weight excluding hydrogens is 563 g/mol. The molecular formula is C29H23ClF3N3O5. The summed E-state index contributed by atoms with van der Waals surface area (Å²) in [7, 11) is 0. The molecule has 0 amide bonds. The van der Waals surface area contributed by atoms with Crippen molar-refractivity contribution >= 4 is 34.3 Å². The molecule has 0 radical (unpaired) electrons. The third-order valence-corrected chi connectivity index (χ3v) is 7.54. The number of ketones is 1. The van der Waals surface area contributed by atoms with Gasteiger partial charge in [0.1, 0.15) is 17.9 Å². The smallest absolute Gasteiger partial charge is 0.416 e. The lowest BCUT2D eigenvalue weighted by Gasteiger charge is -2.20. The van der Waals surface area contributed by atoms with Crippen LogP contribution < -0.4 is 10.3 Å². The van der Waals surface area contributed by atoms with Crippen LogP contribution in [0.4, 0.5) is 13.2 Å². The molecule has 8 nitrogen and oxygen atoms in total. The molecule has 3 aromatic carbocycles. The Morgan fingerprint density at radius 3 is 2.49 bits per heavy atom. The Morgan fingerprint density at radius 2 is 1.80 bits per heavy atom. The number of fused-ring (bicyclic) bond motifs is 1. The standard InChI is InChI=1S/C29H23ClF3N3O5/c30-20-3-1-2-16(12-20)15-41-21-8-4-17(5-9-21)26(37)22-10-6-18(25(22)28(39)40)14-36-27(38)23-13-19(29(31,32)33)7-11-24(23)34-35-36/h1-5,7-9,11-13,18,22,25H,6,10,14-15H2,(H,39,40). The van der Waals surface area contributed by atoms with E-state index in [1.165, 1.54) is 0 Å². The summed E-state index contributed by atoms with van der Waals surface area (Å²) in [4.78, 5) is 38.6. The molecule has 1 fully saturated rings. The number of aliphatic carboxylic acids is 1. The van der Waals surface area contributed by atoms with Crippen LogP contribution in [0.1, 0.15) is 34.3 Å². The zero-order chi connectivity index (χ0) is 29.3. The van der Waals surface area contributed by atoms with E-state index in [1.807, 2.05) is 12.1 Å². The van der Waals surface area contributed by atoms with Gasteiger partial charge in [-0.1, -0.05) is 28.9 Å². The summed E-state index contributed by atoms with van der Waals surface area (Å²) in [5.41, 5.74) is -0.631. The largest absolute Gasteiger partial charge is 0.489 e. The predicted molar refractivity (Wildman–Crippen MR) is 143 cm³/mol. The van der Waals surface area contributed by atoms with Crippen LogP contribution in [0.25, 0.3) is 10.9 Å². The normalized spacial score (nSPS) is 18.9. The van der Waals surface area contributed by atoms with E-state index in [-0.39, 0.29) is 36.3 Å². The van der Waals surface area contributed by atoms with E-state index in [4.69, 9.17) is 16.3 Å². The van der Waals surface area contributed by atoms with E-state index in [9.17, 15) is 32.7 Å². The molecule has 3 atom stereocenters. The second-order valence-corrected chi connectivity index (χ2v) is 10.4. The minimum absolute atomic E-state index is 0.00601. The Balaban J connectivity index is 1.31. The second-order valence-electron chi connectivity index (χ2n) is 9.92. The van der Waals surface area contributed by atoms with Crippen molar-refractivity contribution < 1.29 is 32.6 Å². The highest BCUT2D eigenvalue weighted by molar-refractivity contribution is 6.30. The van der Waals surface area contributed by atoms with Crippen LogP contribution in [-0.2, 0) is 24.1 Å². The van der Waals surface area contributed by atoms with E-state index in [1.54, 1.807) is 36.4 Å². The first-order chi connectivity index (χ1) is 19.5. The summed E-state index contributed by atoms with van der Waals surface area (Å²) in [6.45, 7) is 0.0723. The average molecular weight is 586 g/mol. The lowest BCUT2D eigenvalue weighted by molar-refractivity contribution is -0.144. The first kappa shape index (κ1) is 28.3. The number of benzene rings is 3. The number of nitrogens with zero attached hydrogens (tertiary/aromatic N) is 3. The molecule has 1 aliphatic carbocycles. The molecule has 1 aromatic heterocycles. The molecule has 212 valence electrons. The van der Waals surface area contributed by atoms with Gasteiger partial charge in [-0.15, -0.1) is 5.10 Å². The Bertz CT molecular complexity index is 1670. The van der Waals surface area contributed by atoms with E-state index < -0.39 is 41.0 Å². The molecule has 1 N–H and O–H groups in total. The van der Waals surface area contributed by atoms with Crippen LogP contribution in [-0.4, -0.2) is 31.9 Å². The molecule has 0 bridgehead atoms. The van der Waals surface area contributed by atoms with Crippen LogP contribution in [0.2, 0.25) is 5.02 Å². The van der Waals surface area contributed by atoms with Crippen molar-refractivity contribution in [3.8, 4) is 5.75 Å². The number of aromatic nitrogens is 3. The number of halogens is 4. The highest BCUT2D eigenvalue weighted by Crippen LogP contribution is 2.40. The molecule has 1 aliphatic rings. The fraction of sp³-hybridized carbons (Fsp3) is 0.276. The van der Waals surface area contributed by atoms with E-state index in [0.29, 0.717) is 28.8 Å². The van der Waals surface area contributed by atoms with Gasteiger partial charge in [0.15, 0.2) is 5.78 Å². The number of ether oxygens (including phenoxy) is 1.